The van der Waals surface area contributed by atoms with E-state index in [9.17, 15) is 4.79 Å². The number of amides is 1. The molecule has 1 aliphatic carbocycles. The summed E-state index contributed by atoms with van der Waals surface area (Å²) in [5, 5.41) is 2.84. The third-order valence-electron chi connectivity index (χ3n) is 3.67. The number of ether oxygens (including phenoxy) is 1. The summed E-state index contributed by atoms with van der Waals surface area (Å²) in [7, 11) is 0. The first-order chi connectivity index (χ1) is 10.3. The molecular formula is C17H24N2O2. The molecule has 4 nitrogen and oxygen atoms in total. The second kappa shape index (κ2) is 9.29. The van der Waals surface area contributed by atoms with Crippen molar-refractivity contribution in [1.82, 2.24) is 10.3 Å². The van der Waals surface area contributed by atoms with Crippen molar-refractivity contribution in [1.29, 1.82) is 0 Å². The van der Waals surface area contributed by atoms with Crippen molar-refractivity contribution in [3.63, 3.8) is 0 Å². The number of aromatic nitrogens is 1. The van der Waals surface area contributed by atoms with Gasteiger partial charge in [0.15, 0.2) is 0 Å². The highest BCUT2D eigenvalue weighted by Crippen LogP contribution is 2.19. The maximum atomic E-state index is 11.6. The Morgan fingerprint density at radius 2 is 2.14 bits per heavy atom. The van der Waals surface area contributed by atoms with Crippen LogP contribution < -0.4 is 5.32 Å². The first-order valence-corrected chi connectivity index (χ1v) is 7.82. The lowest BCUT2D eigenvalue weighted by atomic mass is 10.1. The van der Waals surface area contributed by atoms with Crippen LogP contribution >= 0.6 is 0 Å². The summed E-state index contributed by atoms with van der Waals surface area (Å²) in [5.41, 5.74) is 0.919. The fourth-order valence-corrected chi connectivity index (χ4v) is 2.51. The van der Waals surface area contributed by atoms with Crippen LogP contribution in [0.4, 0.5) is 0 Å². The molecule has 1 aromatic heterocycles. The van der Waals surface area contributed by atoms with E-state index in [1.165, 1.54) is 31.8 Å². The lowest BCUT2D eigenvalue weighted by Crippen LogP contribution is -2.27. The number of pyridine rings is 1. The first-order valence-electron chi connectivity index (χ1n) is 7.82. The third-order valence-corrected chi connectivity index (χ3v) is 3.67. The van der Waals surface area contributed by atoms with Crippen molar-refractivity contribution < 1.29 is 9.53 Å². The van der Waals surface area contributed by atoms with Gasteiger partial charge in [-0.2, -0.15) is 0 Å². The third kappa shape index (κ3) is 6.54. The molecule has 4 heteroatoms. The fourth-order valence-electron chi connectivity index (χ4n) is 2.51. The van der Waals surface area contributed by atoms with E-state index in [4.69, 9.17) is 4.74 Å². The molecule has 0 bridgehead atoms. The van der Waals surface area contributed by atoms with Crippen molar-refractivity contribution in [3.05, 3.63) is 36.2 Å². The van der Waals surface area contributed by atoms with Crippen LogP contribution in [0.15, 0.2) is 30.6 Å². The van der Waals surface area contributed by atoms with E-state index in [1.807, 2.05) is 12.1 Å². The molecule has 1 heterocycles. The van der Waals surface area contributed by atoms with E-state index in [0.29, 0.717) is 19.3 Å². The molecule has 1 aliphatic rings. The molecular weight excluding hydrogens is 264 g/mol. The smallest absolute Gasteiger partial charge is 0.244 e. The zero-order valence-electron chi connectivity index (χ0n) is 12.5. The molecule has 0 saturated heterocycles. The van der Waals surface area contributed by atoms with Crippen molar-refractivity contribution in [2.24, 2.45) is 0 Å². The van der Waals surface area contributed by atoms with Crippen LogP contribution in [-0.2, 0) is 9.53 Å². The molecule has 0 aromatic carbocycles. The maximum absolute atomic E-state index is 11.6. The van der Waals surface area contributed by atoms with Crippen LogP contribution in [0.25, 0.3) is 6.08 Å². The lowest BCUT2D eigenvalue weighted by Gasteiger charge is -2.15. The highest BCUT2D eigenvalue weighted by atomic mass is 16.5. The monoisotopic (exact) mass is 288 g/mol. The number of carbonyl (C=O) groups is 1. The van der Waals surface area contributed by atoms with Crippen LogP contribution in [0.2, 0.25) is 0 Å². The van der Waals surface area contributed by atoms with Crippen LogP contribution in [-0.4, -0.2) is 30.1 Å². The van der Waals surface area contributed by atoms with E-state index >= 15 is 0 Å². The molecule has 0 atom stereocenters. The van der Waals surface area contributed by atoms with E-state index in [-0.39, 0.29) is 5.91 Å². The summed E-state index contributed by atoms with van der Waals surface area (Å²) in [4.78, 5) is 15.6. The normalized spacial score (nSPS) is 16.8. The Hall–Kier alpha value is -1.68. The van der Waals surface area contributed by atoms with E-state index < -0.39 is 0 Å². The minimum Gasteiger partial charge on any atom is -0.376 e. The Morgan fingerprint density at radius 1 is 1.33 bits per heavy atom. The number of nitrogens with zero attached hydrogens (tertiary/aromatic N) is 1. The fraction of sp³-hybridized carbons (Fsp3) is 0.529. The summed E-state index contributed by atoms with van der Waals surface area (Å²) in [6.45, 7) is 1.16. The van der Waals surface area contributed by atoms with Crippen molar-refractivity contribution >= 4 is 12.0 Å². The zero-order chi connectivity index (χ0) is 14.8. The second-order valence-corrected chi connectivity index (χ2v) is 5.40. The summed E-state index contributed by atoms with van der Waals surface area (Å²) >= 11 is 0. The molecule has 0 radical (unpaired) electrons. The summed E-state index contributed by atoms with van der Waals surface area (Å²) in [6.07, 6.45) is 14.6. The van der Waals surface area contributed by atoms with Gasteiger partial charge in [-0.05, 0) is 30.5 Å². The highest BCUT2D eigenvalue weighted by molar-refractivity contribution is 5.91. The Kier molecular flexibility index (Phi) is 6.95. The molecule has 2 rings (SSSR count). The van der Waals surface area contributed by atoms with Crippen LogP contribution in [0.5, 0.6) is 0 Å². The van der Waals surface area contributed by atoms with Gasteiger partial charge in [0.2, 0.25) is 5.91 Å². The SMILES string of the molecule is O=C(/C=C\c1cccnc1)NCCOC1CCCCCC1. The van der Waals surface area contributed by atoms with Gasteiger partial charge in [-0.25, -0.2) is 0 Å². The van der Waals surface area contributed by atoms with Crippen LogP contribution in [0.1, 0.15) is 44.1 Å². The van der Waals surface area contributed by atoms with Gasteiger partial charge in [-0.15, -0.1) is 0 Å². The van der Waals surface area contributed by atoms with Crippen molar-refractivity contribution in [2.75, 3.05) is 13.2 Å². The first kappa shape index (κ1) is 15.7. The molecule has 1 aromatic rings. The molecule has 21 heavy (non-hydrogen) atoms. The topological polar surface area (TPSA) is 51.2 Å². The van der Waals surface area contributed by atoms with Gasteiger partial charge in [0.05, 0.1) is 12.7 Å². The van der Waals surface area contributed by atoms with E-state index in [1.54, 1.807) is 18.5 Å². The van der Waals surface area contributed by atoms with Gasteiger partial charge >= 0.3 is 0 Å². The number of hydrogen-bond donors (Lipinski definition) is 1. The molecule has 1 saturated carbocycles. The average Bonchev–Trinajstić information content (AvgIpc) is 2.79. The summed E-state index contributed by atoms with van der Waals surface area (Å²) in [5.74, 6) is -0.0941. The maximum Gasteiger partial charge on any atom is 0.244 e. The largest absolute Gasteiger partial charge is 0.376 e. The molecule has 0 spiro atoms. The lowest BCUT2D eigenvalue weighted by molar-refractivity contribution is -0.116. The molecule has 1 fully saturated rings. The van der Waals surface area contributed by atoms with Crippen LogP contribution in [0, 0.1) is 0 Å². The van der Waals surface area contributed by atoms with Gasteiger partial charge in [0.25, 0.3) is 0 Å². The molecule has 1 amide bonds. The highest BCUT2D eigenvalue weighted by Gasteiger charge is 2.11. The van der Waals surface area contributed by atoms with Crippen molar-refractivity contribution in [2.45, 2.75) is 44.6 Å². The number of carbonyl (C=O) groups excluding carboxylic acids is 1. The van der Waals surface area contributed by atoms with Gasteiger partial charge in [0.1, 0.15) is 0 Å². The Balaban J connectivity index is 1.59. The summed E-state index contributed by atoms with van der Waals surface area (Å²) < 4.78 is 5.83. The van der Waals surface area contributed by atoms with Gasteiger partial charge in [-0.3, -0.25) is 9.78 Å². The number of nitrogens with one attached hydrogen (secondary N) is 1. The quantitative estimate of drug-likeness (QED) is 0.497. The average molecular weight is 288 g/mol. The summed E-state index contributed by atoms with van der Waals surface area (Å²) in [6, 6.07) is 3.75. The Labute approximate surface area is 126 Å². The Bertz CT molecular complexity index is 437. The predicted molar refractivity (Wildman–Crippen MR) is 83.7 cm³/mol. The molecule has 0 aliphatic heterocycles. The molecule has 114 valence electrons. The standard InChI is InChI=1S/C17H24N2O2/c20-17(10-9-15-6-5-11-18-14-15)19-12-13-21-16-7-3-1-2-4-8-16/h5-6,9-11,14,16H,1-4,7-8,12-13H2,(H,19,20)/b10-9-. The van der Waals surface area contributed by atoms with Crippen molar-refractivity contribution in [3.8, 4) is 0 Å². The van der Waals surface area contributed by atoms with Gasteiger partial charge in [-0.1, -0.05) is 31.7 Å². The van der Waals surface area contributed by atoms with E-state index in [0.717, 1.165) is 18.4 Å². The number of hydrogen-bond acceptors (Lipinski definition) is 3. The molecule has 0 unspecified atom stereocenters. The number of rotatable bonds is 6. The van der Waals surface area contributed by atoms with Gasteiger partial charge < -0.3 is 10.1 Å². The van der Waals surface area contributed by atoms with Crippen LogP contribution in [0.3, 0.4) is 0 Å². The molecule has 1 N–H and O–H groups in total. The predicted octanol–water partition coefficient (Wildman–Crippen LogP) is 2.95. The minimum atomic E-state index is -0.0941. The van der Waals surface area contributed by atoms with E-state index in [2.05, 4.69) is 10.3 Å². The Morgan fingerprint density at radius 3 is 2.86 bits per heavy atom. The zero-order valence-corrected chi connectivity index (χ0v) is 12.5. The minimum absolute atomic E-state index is 0.0941. The second-order valence-electron chi connectivity index (χ2n) is 5.40. The van der Waals surface area contributed by atoms with Gasteiger partial charge in [0, 0.05) is 25.0 Å².